The van der Waals surface area contributed by atoms with Crippen LogP contribution in [0.3, 0.4) is 0 Å². The van der Waals surface area contributed by atoms with Crippen LogP contribution in [-0.2, 0) is 9.59 Å². The lowest BCUT2D eigenvalue weighted by Gasteiger charge is -2.22. The smallest absolute Gasteiger partial charge is 0.312 e. The highest BCUT2D eigenvalue weighted by atomic mass is 16.2. The molecular weight excluding hydrogens is 246 g/mol. The molecule has 0 unspecified atom stereocenters. The summed E-state index contributed by atoms with van der Waals surface area (Å²) in [7, 11) is 1.55. The average molecular weight is 269 g/mol. The minimum absolute atomic E-state index is 0.288. The molecule has 0 radical (unpaired) electrons. The maximum absolute atomic E-state index is 12.0. The third-order valence-corrected chi connectivity index (χ3v) is 3.54. The van der Waals surface area contributed by atoms with Crippen molar-refractivity contribution in [1.29, 1.82) is 0 Å². The van der Waals surface area contributed by atoms with Crippen LogP contribution in [0.15, 0.2) is 0 Å². The first-order valence-corrected chi connectivity index (χ1v) is 6.74. The molecule has 1 aliphatic rings. The first-order valence-electron chi connectivity index (χ1n) is 6.74. The van der Waals surface area contributed by atoms with Crippen LogP contribution in [0.1, 0.15) is 52.9 Å². The summed E-state index contributed by atoms with van der Waals surface area (Å²) in [5, 5.41) is 0.822. The molecule has 1 fully saturated rings. The van der Waals surface area contributed by atoms with Gasteiger partial charge < -0.3 is 4.90 Å². The normalized spacial score (nSPS) is 18.1. The van der Waals surface area contributed by atoms with E-state index in [1.807, 2.05) is 0 Å². The van der Waals surface area contributed by atoms with E-state index in [9.17, 15) is 14.4 Å². The zero-order valence-electron chi connectivity index (χ0n) is 12.2. The molecule has 0 aromatic rings. The fraction of sp³-hybridized carbons (Fsp3) is 0.769. The van der Waals surface area contributed by atoms with Gasteiger partial charge in [-0.1, -0.05) is 26.2 Å². The Labute approximate surface area is 114 Å². The van der Waals surface area contributed by atoms with Crippen LogP contribution in [0.4, 0.5) is 4.79 Å². The highest BCUT2D eigenvalue weighted by Crippen LogP contribution is 2.24. The number of amides is 4. The number of carbonyl (C=O) groups excluding carboxylic acids is 3. The molecule has 6 nitrogen and oxygen atoms in total. The van der Waals surface area contributed by atoms with E-state index in [2.05, 4.69) is 12.3 Å². The van der Waals surface area contributed by atoms with E-state index in [4.69, 9.17) is 0 Å². The number of hydrazine groups is 1. The van der Waals surface area contributed by atoms with Crippen LogP contribution in [0.25, 0.3) is 0 Å². The maximum atomic E-state index is 12.0. The van der Waals surface area contributed by atoms with E-state index in [1.54, 1.807) is 20.9 Å². The minimum Gasteiger partial charge on any atom is -0.312 e. The quantitative estimate of drug-likeness (QED) is 0.589. The number of nitrogens with zero attached hydrogens (tertiary/aromatic N) is 2. The van der Waals surface area contributed by atoms with Crippen LogP contribution >= 0.6 is 0 Å². The van der Waals surface area contributed by atoms with Crippen LogP contribution in [0.2, 0.25) is 0 Å². The molecule has 6 heteroatoms. The summed E-state index contributed by atoms with van der Waals surface area (Å²) in [6, 6.07) is -0.489. The van der Waals surface area contributed by atoms with Gasteiger partial charge in [0.25, 0.3) is 5.91 Å². The standard InChI is InChI=1S/C13H23N3O3/c1-5-6-7-8-9-10(17)14-16-11(18)13(2,3)15(4)12(16)19/h5-9H2,1-4H3,(H,14,17). The van der Waals surface area contributed by atoms with E-state index in [1.165, 1.54) is 4.90 Å². The van der Waals surface area contributed by atoms with E-state index < -0.39 is 17.5 Å². The molecule has 0 aromatic heterocycles. The minimum atomic E-state index is -0.910. The van der Waals surface area contributed by atoms with E-state index in [-0.39, 0.29) is 5.91 Å². The second-order valence-corrected chi connectivity index (χ2v) is 5.39. The lowest BCUT2D eigenvalue weighted by Crippen LogP contribution is -2.47. The largest absolute Gasteiger partial charge is 0.346 e. The molecule has 1 saturated heterocycles. The van der Waals surface area contributed by atoms with Gasteiger partial charge in [-0.15, -0.1) is 0 Å². The second-order valence-electron chi connectivity index (χ2n) is 5.39. The fourth-order valence-corrected chi connectivity index (χ4v) is 1.88. The van der Waals surface area contributed by atoms with Crippen molar-refractivity contribution in [3.63, 3.8) is 0 Å². The molecular formula is C13H23N3O3. The van der Waals surface area contributed by atoms with Crippen LogP contribution in [0, 0.1) is 0 Å². The molecule has 0 spiro atoms. The van der Waals surface area contributed by atoms with Gasteiger partial charge in [-0.25, -0.2) is 4.79 Å². The summed E-state index contributed by atoms with van der Waals surface area (Å²) < 4.78 is 0. The number of hydrogen-bond acceptors (Lipinski definition) is 3. The molecule has 1 rings (SSSR count). The van der Waals surface area contributed by atoms with Gasteiger partial charge in [-0.2, -0.15) is 5.01 Å². The summed E-state index contributed by atoms with van der Waals surface area (Å²) in [6.45, 7) is 5.40. The Morgan fingerprint density at radius 3 is 2.32 bits per heavy atom. The second kappa shape index (κ2) is 6.04. The lowest BCUT2D eigenvalue weighted by molar-refractivity contribution is -0.139. The number of imide groups is 1. The number of nitrogens with one attached hydrogen (secondary N) is 1. The zero-order valence-corrected chi connectivity index (χ0v) is 12.2. The van der Waals surface area contributed by atoms with E-state index in [0.717, 1.165) is 30.7 Å². The summed E-state index contributed by atoms with van der Waals surface area (Å²) in [4.78, 5) is 36.9. The number of carbonyl (C=O) groups is 3. The predicted molar refractivity (Wildman–Crippen MR) is 71.0 cm³/mol. The molecule has 0 atom stereocenters. The number of unbranched alkanes of at least 4 members (excludes halogenated alkanes) is 3. The van der Waals surface area contributed by atoms with E-state index >= 15 is 0 Å². The van der Waals surface area contributed by atoms with Crippen molar-refractivity contribution in [1.82, 2.24) is 15.3 Å². The molecule has 0 bridgehead atoms. The summed E-state index contributed by atoms with van der Waals surface area (Å²) in [5.74, 6) is -0.689. The van der Waals surface area contributed by atoms with Crippen molar-refractivity contribution < 1.29 is 14.4 Å². The molecule has 19 heavy (non-hydrogen) atoms. The Hall–Kier alpha value is -1.59. The van der Waals surface area contributed by atoms with Crippen molar-refractivity contribution in [3.8, 4) is 0 Å². The monoisotopic (exact) mass is 269 g/mol. The van der Waals surface area contributed by atoms with Crippen LogP contribution in [-0.4, -0.2) is 40.3 Å². The molecule has 1 N–H and O–H groups in total. The van der Waals surface area contributed by atoms with Crippen molar-refractivity contribution in [3.05, 3.63) is 0 Å². The van der Waals surface area contributed by atoms with Gasteiger partial charge in [0.2, 0.25) is 5.91 Å². The maximum Gasteiger partial charge on any atom is 0.346 e. The Morgan fingerprint density at radius 1 is 1.21 bits per heavy atom. The number of likely N-dealkylation sites (N-methyl/N-ethyl adjacent to an activating group) is 1. The van der Waals surface area contributed by atoms with Crippen molar-refractivity contribution in [2.24, 2.45) is 0 Å². The van der Waals surface area contributed by atoms with E-state index in [0.29, 0.717) is 6.42 Å². The molecule has 0 aromatic carbocycles. The third-order valence-electron chi connectivity index (χ3n) is 3.54. The van der Waals surface area contributed by atoms with Gasteiger partial charge in [-0.05, 0) is 20.3 Å². The predicted octanol–water partition coefficient (Wildman–Crippen LogP) is 1.66. The number of rotatable bonds is 6. The van der Waals surface area contributed by atoms with Gasteiger partial charge in [0.05, 0.1) is 0 Å². The summed E-state index contributed by atoms with van der Waals surface area (Å²) >= 11 is 0. The van der Waals surface area contributed by atoms with Gasteiger partial charge in [0.1, 0.15) is 5.54 Å². The van der Waals surface area contributed by atoms with Crippen molar-refractivity contribution >= 4 is 17.8 Å². The third kappa shape index (κ3) is 3.24. The highest BCUT2D eigenvalue weighted by molar-refractivity contribution is 6.07. The van der Waals surface area contributed by atoms with Gasteiger partial charge in [0.15, 0.2) is 0 Å². The fourth-order valence-electron chi connectivity index (χ4n) is 1.88. The van der Waals surface area contributed by atoms with Gasteiger partial charge in [-0.3, -0.25) is 15.0 Å². The Bertz CT molecular complexity index is 379. The Kier molecular flexibility index (Phi) is 4.91. The number of hydrogen-bond donors (Lipinski definition) is 1. The van der Waals surface area contributed by atoms with Crippen molar-refractivity contribution in [2.75, 3.05) is 7.05 Å². The molecule has 1 aliphatic heterocycles. The first-order chi connectivity index (χ1) is 8.82. The molecule has 4 amide bonds. The van der Waals surface area contributed by atoms with Crippen molar-refractivity contribution in [2.45, 2.75) is 58.4 Å². The lowest BCUT2D eigenvalue weighted by atomic mass is 10.1. The van der Waals surface area contributed by atoms with Gasteiger partial charge >= 0.3 is 6.03 Å². The summed E-state index contributed by atoms with van der Waals surface area (Å²) in [5.41, 5.74) is 1.48. The zero-order chi connectivity index (χ0) is 14.6. The summed E-state index contributed by atoms with van der Waals surface area (Å²) in [6.07, 6.45) is 4.28. The molecule has 0 saturated carbocycles. The molecule has 108 valence electrons. The van der Waals surface area contributed by atoms with Gasteiger partial charge in [0, 0.05) is 13.5 Å². The topological polar surface area (TPSA) is 69.7 Å². The molecule has 0 aliphatic carbocycles. The number of urea groups is 1. The first kappa shape index (κ1) is 15.5. The average Bonchev–Trinajstić information content (AvgIpc) is 2.50. The Morgan fingerprint density at radius 2 is 1.84 bits per heavy atom. The van der Waals surface area contributed by atoms with Crippen LogP contribution < -0.4 is 5.43 Å². The Balaban J connectivity index is 2.51. The SMILES string of the molecule is CCCCCCC(=O)NN1C(=O)N(C)C(C)(C)C1=O. The van der Waals surface area contributed by atoms with Crippen LogP contribution in [0.5, 0.6) is 0 Å². The molecule has 1 heterocycles. The highest BCUT2D eigenvalue weighted by Gasteiger charge is 2.50.